The van der Waals surface area contributed by atoms with Gasteiger partial charge < -0.3 is 15.5 Å². The van der Waals surface area contributed by atoms with E-state index in [-0.39, 0.29) is 17.2 Å². The van der Waals surface area contributed by atoms with Crippen molar-refractivity contribution in [3.63, 3.8) is 0 Å². The summed E-state index contributed by atoms with van der Waals surface area (Å²) in [6, 6.07) is 8.35. The Balaban J connectivity index is 1.92. The highest BCUT2D eigenvalue weighted by Crippen LogP contribution is 2.20. The van der Waals surface area contributed by atoms with Crippen molar-refractivity contribution in [1.82, 2.24) is 15.5 Å². The van der Waals surface area contributed by atoms with Gasteiger partial charge in [-0.15, -0.1) is 0 Å². The third-order valence-corrected chi connectivity index (χ3v) is 5.68. The van der Waals surface area contributed by atoms with E-state index >= 15 is 0 Å². The van der Waals surface area contributed by atoms with Crippen LogP contribution >= 0.6 is 11.8 Å². The number of thioether (sulfide) groups is 1. The van der Waals surface area contributed by atoms with E-state index in [1.54, 1.807) is 0 Å². The number of hydrogen-bond donors (Lipinski definition) is 2. The van der Waals surface area contributed by atoms with Gasteiger partial charge in [0.25, 0.3) is 0 Å². The number of aliphatic imine (C=N–C) groups is 1. The molecule has 1 aliphatic rings. The summed E-state index contributed by atoms with van der Waals surface area (Å²) in [7, 11) is 0. The quantitative estimate of drug-likeness (QED) is 0.602. The van der Waals surface area contributed by atoms with E-state index < -0.39 is 0 Å². The minimum absolute atomic E-state index is 0.0795. The van der Waals surface area contributed by atoms with E-state index in [9.17, 15) is 4.79 Å². The van der Waals surface area contributed by atoms with Crippen molar-refractivity contribution in [1.29, 1.82) is 0 Å². The fraction of sp³-hybridized carbons (Fsp3) is 0.579. The van der Waals surface area contributed by atoms with Gasteiger partial charge in [0.05, 0.1) is 0 Å². The van der Waals surface area contributed by atoms with Gasteiger partial charge in [0.1, 0.15) is 6.54 Å². The molecule has 0 fully saturated rings. The van der Waals surface area contributed by atoms with Crippen molar-refractivity contribution < 1.29 is 4.79 Å². The minimum Gasteiger partial charge on any atom is -0.357 e. The van der Waals surface area contributed by atoms with Crippen LogP contribution in [0.15, 0.2) is 29.3 Å². The maximum absolute atomic E-state index is 12.5. The third kappa shape index (κ3) is 5.96. The second kappa shape index (κ2) is 9.13. The van der Waals surface area contributed by atoms with E-state index in [0.29, 0.717) is 12.5 Å². The SMILES string of the molecule is CCNC(=NCC(=O)N1CCc2ccccc2C1)NCC(C)(C)SC. The second-order valence-corrected chi connectivity index (χ2v) is 8.36. The molecule has 0 bridgehead atoms. The third-order valence-electron chi connectivity index (χ3n) is 4.43. The Morgan fingerprint density at radius 3 is 2.68 bits per heavy atom. The predicted molar refractivity (Wildman–Crippen MR) is 107 cm³/mol. The van der Waals surface area contributed by atoms with Gasteiger partial charge in [0.15, 0.2) is 5.96 Å². The molecular formula is C19H30N4OS. The summed E-state index contributed by atoms with van der Waals surface area (Å²) in [5.41, 5.74) is 2.60. The maximum Gasteiger partial charge on any atom is 0.244 e. The summed E-state index contributed by atoms with van der Waals surface area (Å²) in [4.78, 5) is 18.9. The maximum atomic E-state index is 12.5. The first-order valence-electron chi connectivity index (χ1n) is 8.87. The first kappa shape index (κ1) is 19.6. The number of benzene rings is 1. The van der Waals surface area contributed by atoms with Crippen LogP contribution in [0.1, 0.15) is 31.9 Å². The fourth-order valence-corrected chi connectivity index (χ4v) is 2.88. The van der Waals surface area contributed by atoms with Gasteiger partial charge >= 0.3 is 0 Å². The molecule has 0 saturated heterocycles. The topological polar surface area (TPSA) is 56.7 Å². The molecule has 138 valence electrons. The molecule has 1 heterocycles. The molecular weight excluding hydrogens is 332 g/mol. The van der Waals surface area contributed by atoms with Crippen molar-refractivity contribution in [3.05, 3.63) is 35.4 Å². The van der Waals surface area contributed by atoms with Gasteiger partial charge in [-0.1, -0.05) is 24.3 Å². The molecule has 25 heavy (non-hydrogen) atoms. The van der Waals surface area contributed by atoms with Crippen LogP contribution in [0.25, 0.3) is 0 Å². The molecule has 0 unspecified atom stereocenters. The molecule has 0 saturated carbocycles. The fourth-order valence-electron chi connectivity index (χ4n) is 2.67. The van der Waals surface area contributed by atoms with Gasteiger partial charge in [-0.2, -0.15) is 11.8 Å². The molecule has 0 spiro atoms. The number of carbonyl (C=O) groups excluding carboxylic acids is 1. The molecule has 5 nitrogen and oxygen atoms in total. The van der Waals surface area contributed by atoms with Gasteiger partial charge in [-0.3, -0.25) is 4.79 Å². The van der Waals surface area contributed by atoms with E-state index in [1.807, 2.05) is 29.7 Å². The number of nitrogens with zero attached hydrogens (tertiary/aromatic N) is 2. The molecule has 0 aromatic heterocycles. The van der Waals surface area contributed by atoms with E-state index in [4.69, 9.17) is 0 Å². The van der Waals surface area contributed by atoms with Gasteiger partial charge in [-0.25, -0.2) is 4.99 Å². The number of hydrogen-bond acceptors (Lipinski definition) is 3. The smallest absolute Gasteiger partial charge is 0.244 e. The molecule has 1 aromatic carbocycles. The van der Waals surface area contributed by atoms with Crippen LogP contribution in [0.5, 0.6) is 0 Å². The Kier molecular flexibility index (Phi) is 7.17. The standard InChI is InChI=1S/C19H30N4OS/c1-5-20-18(22-14-19(2,3)25-4)21-12-17(24)23-11-10-15-8-6-7-9-16(15)13-23/h6-9H,5,10-14H2,1-4H3,(H2,20,21,22). The average Bonchev–Trinajstić information content (AvgIpc) is 2.63. The highest BCUT2D eigenvalue weighted by Gasteiger charge is 2.20. The summed E-state index contributed by atoms with van der Waals surface area (Å²) in [5.74, 6) is 0.784. The highest BCUT2D eigenvalue weighted by molar-refractivity contribution is 7.99. The largest absolute Gasteiger partial charge is 0.357 e. The summed E-state index contributed by atoms with van der Waals surface area (Å²) in [6.45, 7) is 9.61. The molecule has 1 aliphatic heterocycles. The van der Waals surface area contributed by atoms with Gasteiger partial charge in [0.2, 0.25) is 5.91 Å². The molecule has 2 rings (SSSR count). The summed E-state index contributed by atoms with van der Waals surface area (Å²) >= 11 is 1.81. The van der Waals surface area contributed by atoms with E-state index in [2.05, 4.69) is 53.9 Å². The molecule has 1 aromatic rings. The van der Waals surface area contributed by atoms with Crippen LogP contribution in [0.3, 0.4) is 0 Å². The molecule has 0 radical (unpaired) electrons. The number of amides is 1. The lowest BCUT2D eigenvalue weighted by molar-refractivity contribution is -0.130. The Morgan fingerprint density at radius 1 is 1.28 bits per heavy atom. The molecule has 1 amide bonds. The lowest BCUT2D eigenvalue weighted by Crippen LogP contribution is -2.44. The number of nitrogens with one attached hydrogen (secondary N) is 2. The minimum atomic E-state index is 0.0795. The highest BCUT2D eigenvalue weighted by atomic mass is 32.2. The molecule has 6 heteroatoms. The van der Waals surface area contributed by atoms with Crippen LogP contribution in [-0.2, 0) is 17.8 Å². The van der Waals surface area contributed by atoms with Crippen molar-refractivity contribution >= 4 is 23.6 Å². The van der Waals surface area contributed by atoms with Gasteiger partial charge in [0, 0.05) is 30.9 Å². The molecule has 0 atom stereocenters. The van der Waals surface area contributed by atoms with E-state index in [1.165, 1.54) is 11.1 Å². The van der Waals surface area contributed by atoms with Crippen molar-refractivity contribution in [2.75, 3.05) is 32.4 Å². The molecule has 0 aliphatic carbocycles. The Labute approximate surface area is 155 Å². The average molecular weight is 363 g/mol. The lowest BCUT2D eigenvalue weighted by Gasteiger charge is -2.28. The van der Waals surface area contributed by atoms with Crippen molar-refractivity contribution in [3.8, 4) is 0 Å². The Morgan fingerprint density at radius 2 is 2.00 bits per heavy atom. The number of fused-ring (bicyclic) bond motifs is 1. The second-order valence-electron chi connectivity index (χ2n) is 6.85. The van der Waals surface area contributed by atoms with Crippen LogP contribution in [0.4, 0.5) is 0 Å². The Hall–Kier alpha value is -1.69. The van der Waals surface area contributed by atoms with Crippen LogP contribution in [0, 0.1) is 0 Å². The van der Waals surface area contributed by atoms with Crippen molar-refractivity contribution in [2.45, 2.75) is 38.5 Å². The number of guanidine groups is 1. The number of carbonyl (C=O) groups is 1. The summed E-state index contributed by atoms with van der Waals surface area (Å²) in [5, 5.41) is 6.55. The van der Waals surface area contributed by atoms with Gasteiger partial charge in [-0.05, 0) is 44.6 Å². The zero-order valence-electron chi connectivity index (χ0n) is 15.8. The zero-order valence-corrected chi connectivity index (χ0v) is 16.6. The monoisotopic (exact) mass is 362 g/mol. The van der Waals surface area contributed by atoms with Crippen LogP contribution in [0.2, 0.25) is 0 Å². The van der Waals surface area contributed by atoms with Crippen LogP contribution in [-0.4, -0.2) is 53.9 Å². The van der Waals surface area contributed by atoms with Crippen LogP contribution < -0.4 is 10.6 Å². The van der Waals surface area contributed by atoms with Crippen molar-refractivity contribution in [2.24, 2.45) is 4.99 Å². The Bertz CT molecular complexity index is 615. The number of rotatable bonds is 6. The summed E-state index contributed by atoms with van der Waals surface area (Å²) in [6.07, 6.45) is 3.02. The zero-order chi connectivity index (χ0) is 18.3. The first-order valence-corrected chi connectivity index (χ1v) is 10.1. The summed E-state index contributed by atoms with van der Waals surface area (Å²) < 4.78 is 0.122. The predicted octanol–water partition coefficient (Wildman–Crippen LogP) is 2.27. The normalized spacial score (nSPS) is 14.9. The van der Waals surface area contributed by atoms with E-state index in [0.717, 1.165) is 26.1 Å². The first-order chi connectivity index (χ1) is 11.9. The lowest BCUT2D eigenvalue weighted by atomic mass is 10.00. The molecule has 2 N–H and O–H groups in total.